The van der Waals surface area contributed by atoms with Gasteiger partial charge in [-0.2, -0.15) is 4.39 Å². The van der Waals surface area contributed by atoms with Crippen molar-refractivity contribution in [2.45, 2.75) is 39.2 Å². The third-order valence-electron chi connectivity index (χ3n) is 5.13. The lowest BCUT2D eigenvalue weighted by Gasteiger charge is -2.21. The van der Waals surface area contributed by atoms with Gasteiger partial charge in [0.05, 0.1) is 11.5 Å². The molecule has 1 aliphatic rings. The van der Waals surface area contributed by atoms with Crippen LogP contribution in [0.3, 0.4) is 0 Å². The predicted molar refractivity (Wildman–Crippen MR) is 115 cm³/mol. The largest absolute Gasteiger partial charge is 0.326 e. The van der Waals surface area contributed by atoms with Crippen LogP contribution in [-0.4, -0.2) is 40.8 Å². The monoisotopic (exact) mass is 428 g/mol. The molecule has 1 fully saturated rings. The van der Waals surface area contributed by atoms with E-state index in [9.17, 15) is 24.1 Å². The number of anilines is 2. The molecule has 8 nitrogen and oxygen atoms in total. The molecule has 3 rings (SSSR count). The topological polar surface area (TPSA) is 105 Å². The lowest BCUT2D eigenvalue weighted by molar-refractivity contribution is -0.387. The van der Waals surface area contributed by atoms with E-state index in [0.29, 0.717) is 6.54 Å². The zero-order chi connectivity index (χ0) is 22.5. The number of nitro groups is 1. The SMILES string of the molecule is Cc1ccc(C)c(NC(=O)CN(CCC(=O)Nc2ccc([N+](=O)[O-])c(F)c2)C2CC2)c1. The summed E-state index contributed by atoms with van der Waals surface area (Å²) in [7, 11) is 0. The molecule has 0 unspecified atom stereocenters. The molecule has 1 saturated carbocycles. The van der Waals surface area contributed by atoms with E-state index in [2.05, 4.69) is 10.6 Å². The van der Waals surface area contributed by atoms with Gasteiger partial charge in [-0.15, -0.1) is 0 Å². The van der Waals surface area contributed by atoms with Crippen LogP contribution in [0.15, 0.2) is 36.4 Å². The van der Waals surface area contributed by atoms with Crippen molar-refractivity contribution in [2.24, 2.45) is 0 Å². The van der Waals surface area contributed by atoms with Crippen molar-refractivity contribution in [2.75, 3.05) is 23.7 Å². The Morgan fingerprint density at radius 1 is 1.13 bits per heavy atom. The van der Waals surface area contributed by atoms with Crippen molar-refractivity contribution in [1.29, 1.82) is 0 Å². The molecule has 9 heteroatoms. The van der Waals surface area contributed by atoms with Gasteiger partial charge < -0.3 is 10.6 Å². The number of amides is 2. The summed E-state index contributed by atoms with van der Waals surface area (Å²) in [6.45, 7) is 4.45. The first-order valence-electron chi connectivity index (χ1n) is 10.1. The minimum Gasteiger partial charge on any atom is -0.326 e. The van der Waals surface area contributed by atoms with E-state index in [1.54, 1.807) is 0 Å². The molecule has 2 amide bonds. The molecular formula is C22H25FN4O4. The molecule has 1 aliphatic carbocycles. The van der Waals surface area contributed by atoms with Gasteiger partial charge in [-0.25, -0.2) is 0 Å². The van der Waals surface area contributed by atoms with Gasteiger partial charge in [-0.3, -0.25) is 24.6 Å². The van der Waals surface area contributed by atoms with E-state index < -0.39 is 16.4 Å². The summed E-state index contributed by atoms with van der Waals surface area (Å²) in [6, 6.07) is 9.35. The molecular weight excluding hydrogens is 403 g/mol. The number of hydrogen-bond acceptors (Lipinski definition) is 5. The van der Waals surface area contributed by atoms with E-state index in [-0.39, 0.29) is 36.5 Å². The van der Waals surface area contributed by atoms with Crippen LogP contribution in [0.25, 0.3) is 0 Å². The van der Waals surface area contributed by atoms with Crippen molar-refractivity contribution in [3.63, 3.8) is 0 Å². The summed E-state index contributed by atoms with van der Waals surface area (Å²) >= 11 is 0. The van der Waals surface area contributed by atoms with Crippen molar-refractivity contribution in [1.82, 2.24) is 4.90 Å². The zero-order valence-corrected chi connectivity index (χ0v) is 17.5. The lowest BCUT2D eigenvalue weighted by atomic mass is 10.1. The van der Waals surface area contributed by atoms with E-state index in [4.69, 9.17) is 0 Å². The Hall–Kier alpha value is -3.33. The second kappa shape index (κ2) is 9.65. The maximum absolute atomic E-state index is 13.7. The maximum Gasteiger partial charge on any atom is 0.304 e. The van der Waals surface area contributed by atoms with Crippen LogP contribution < -0.4 is 10.6 Å². The van der Waals surface area contributed by atoms with Crippen LogP contribution in [0.4, 0.5) is 21.5 Å². The number of aryl methyl sites for hydroxylation is 2. The Labute approximate surface area is 179 Å². The van der Waals surface area contributed by atoms with E-state index >= 15 is 0 Å². The molecule has 0 heterocycles. The Balaban J connectivity index is 1.53. The summed E-state index contributed by atoms with van der Waals surface area (Å²) in [4.78, 5) is 36.6. The lowest BCUT2D eigenvalue weighted by Crippen LogP contribution is -2.37. The number of nitrogens with one attached hydrogen (secondary N) is 2. The average molecular weight is 428 g/mol. The van der Waals surface area contributed by atoms with Crippen molar-refractivity contribution in [3.8, 4) is 0 Å². The quantitative estimate of drug-likeness (QED) is 0.467. The Bertz CT molecular complexity index is 1010. The number of nitro benzene ring substituents is 1. The fourth-order valence-electron chi connectivity index (χ4n) is 3.28. The molecule has 0 radical (unpaired) electrons. The number of carbonyl (C=O) groups is 2. The van der Waals surface area contributed by atoms with Gasteiger partial charge in [0, 0.05) is 42.5 Å². The van der Waals surface area contributed by atoms with Crippen molar-refractivity contribution in [3.05, 3.63) is 63.5 Å². The van der Waals surface area contributed by atoms with Gasteiger partial charge in [-0.05, 0) is 49.9 Å². The average Bonchev–Trinajstić information content (AvgIpc) is 3.53. The molecule has 0 bridgehead atoms. The van der Waals surface area contributed by atoms with Gasteiger partial charge >= 0.3 is 5.69 Å². The molecule has 0 saturated heterocycles. The molecule has 2 aromatic carbocycles. The molecule has 2 aromatic rings. The van der Waals surface area contributed by atoms with Gasteiger partial charge in [-0.1, -0.05) is 12.1 Å². The number of carbonyl (C=O) groups excluding carboxylic acids is 2. The molecule has 2 N–H and O–H groups in total. The summed E-state index contributed by atoms with van der Waals surface area (Å²) < 4.78 is 13.7. The summed E-state index contributed by atoms with van der Waals surface area (Å²) in [5, 5.41) is 16.2. The molecule has 31 heavy (non-hydrogen) atoms. The maximum atomic E-state index is 13.7. The summed E-state index contributed by atoms with van der Waals surface area (Å²) in [5.41, 5.74) is 2.32. The van der Waals surface area contributed by atoms with E-state index in [1.165, 1.54) is 6.07 Å². The first-order chi connectivity index (χ1) is 14.7. The Kier molecular flexibility index (Phi) is 6.96. The standard InChI is InChI=1S/C22H25FN4O4/c1-14-3-4-15(2)19(11-14)25-22(29)13-26(17-6-7-17)10-9-21(28)24-16-5-8-20(27(30)31)18(23)12-16/h3-5,8,11-12,17H,6-7,9-10,13H2,1-2H3,(H,24,28)(H,25,29). The summed E-state index contributed by atoms with van der Waals surface area (Å²) in [5.74, 6) is -1.50. The van der Waals surface area contributed by atoms with Gasteiger partial charge in [0.1, 0.15) is 0 Å². The number of benzene rings is 2. The highest BCUT2D eigenvalue weighted by molar-refractivity contribution is 5.93. The van der Waals surface area contributed by atoms with Crippen molar-refractivity contribution >= 4 is 28.9 Å². The highest BCUT2D eigenvalue weighted by Crippen LogP contribution is 2.27. The van der Waals surface area contributed by atoms with Gasteiger partial charge in [0.2, 0.25) is 17.6 Å². The molecule has 0 aromatic heterocycles. The number of nitrogens with zero attached hydrogens (tertiary/aromatic N) is 2. The van der Waals surface area contributed by atoms with Crippen LogP contribution in [0, 0.1) is 29.8 Å². The van der Waals surface area contributed by atoms with Gasteiger partial charge in [0.15, 0.2) is 0 Å². The molecule has 0 spiro atoms. The molecule has 0 atom stereocenters. The van der Waals surface area contributed by atoms with Crippen LogP contribution >= 0.6 is 0 Å². The van der Waals surface area contributed by atoms with Crippen LogP contribution in [0.2, 0.25) is 0 Å². The third-order valence-corrected chi connectivity index (χ3v) is 5.13. The molecule has 0 aliphatic heterocycles. The van der Waals surface area contributed by atoms with Crippen LogP contribution in [0.1, 0.15) is 30.4 Å². The number of halogens is 1. The summed E-state index contributed by atoms with van der Waals surface area (Å²) in [6.07, 6.45) is 2.07. The number of hydrogen-bond donors (Lipinski definition) is 2. The molecule has 164 valence electrons. The van der Waals surface area contributed by atoms with Crippen molar-refractivity contribution < 1.29 is 18.9 Å². The smallest absolute Gasteiger partial charge is 0.304 e. The third kappa shape index (κ3) is 6.32. The minimum atomic E-state index is -1.01. The number of rotatable bonds is 9. The predicted octanol–water partition coefficient (Wildman–Crippen LogP) is 3.78. The van der Waals surface area contributed by atoms with Crippen LogP contribution in [-0.2, 0) is 9.59 Å². The Morgan fingerprint density at radius 3 is 2.52 bits per heavy atom. The Morgan fingerprint density at radius 2 is 1.87 bits per heavy atom. The second-order valence-electron chi connectivity index (χ2n) is 7.79. The highest BCUT2D eigenvalue weighted by atomic mass is 19.1. The van der Waals surface area contributed by atoms with Crippen LogP contribution in [0.5, 0.6) is 0 Å². The van der Waals surface area contributed by atoms with E-state index in [0.717, 1.165) is 41.8 Å². The first-order valence-corrected chi connectivity index (χ1v) is 10.1. The minimum absolute atomic E-state index is 0.117. The van der Waals surface area contributed by atoms with Gasteiger partial charge in [0.25, 0.3) is 0 Å². The second-order valence-corrected chi connectivity index (χ2v) is 7.79. The fourth-order valence-corrected chi connectivity index (χ4v) is 3.28. The fraction of sp³-hybridized carbons (Fsp3) is 0.364. The highest BCUT2D eigenvalue weighted by Gasteiger charge is 2.30. The normalized spacial score (nSPS) is 13.2. The zero-order valence-electron chi connectivity index (χ0n) is 17.5. The van der Waals surface area contributed by atoms with E-state index in [1.807, 2.05) is 36.9 Å². The first kappa shape index (κ1) is 22.4.